The Morgan fingerprint density at radius 2 is 1.92 bits per heavy atom. The van der Waals surface area contributed by atoms with E-state index in [1.807, 2.05) is 19.1 Å². The molecule has 0 aliphatic carbocycles. The lowest BCUT2D eigenvalue weighted by Crippen LogP contribution is -2.28. The van der Waals surface area contributed by atoms with Crippen molar-refractivity contribution in [3.05, 3.63) is 12.2 Å². The summed E-state index contributed by atoms with van der Waals surface area (Å²) in [7, 11) is 0. The lowest BCUT2D eigenvalue weighted by molar-refractivity contribution is 0.173. The van der Waals surface area contributed by atoms with Gasteiger partial charge in [-0.2, -0.15) is 0 Å². The van der Waals surface area contributed by atoms with Gasteiger partial charge in [0.25, 0.3) is 0 Å². The number of allylic oxidation sites excluding steroid dienone is 1. The summed E-state index contributed by atoms with van der Waals surface area (Å²) in [5, 5.41) is 8.95. The zero-order chi connectivity index (χ0) is 10.3. The molecule has 1 nitrogen and oxygen atoms in total. The Kier molecular flexibility index (Phi) is 7.83. The van der Waals surface area contributed by atoms with Gasteiger partial charge in [0.05, 0.1) is 16.9 Å². The Labute approximate surface area is 90.7 Å². The molecule has 1 N–H and O–H groups in total. The van der Waals surface area contributed by atoms with Crippen LogP contribution in [0.5, 0.6) is 0 Å². The van der Waals surface area contributed by atoms with Crippen LogP contribution in [0.25, 0.3) is 0 Å². The molecular weight excluding hydrogens is 207 g/mol. The summed E-state index contributed by atoms with van der Waals surface area (Å²) in [6.45, 7) is 4.03. The van der Waals surface area contributed by atoms with Crippen LogP contribution in [0.4, 0.5) is 0 Å². The molecule has 0 aromatic rings. The van der Waals surface area contributed by atoms with Crippen LogP contribution in [-0.4, -0.2) is 22.0 Å². The Morgan fingerprint density at radius 3 is 2.38 bits per heavy atom. The maximum Gasteiger partial charge on any atom is 0.0902 e. The van der Waals surface area contributed by atoms with E-state index >= 15 is 0 Å². The minimum absolute atomic E-state index is 0.256. The first-order chi connectivity index (χ1) is 6.13. The van der Waals surface area contributed by atoms with E-state index in [9.17, 15) is 5.11 Å². The van der Waals surface area contributed by atoms with Crippen molar-refractivity contribution in [2.75, 3.05) is 0 Å². The number of hydrogen-bond donors (Lipinski definition) is 1. The topological polar surface area (TPSA) is 20.2 Å². The average molecular weight is 225 g/mol. The maximum absolute atomic E-state index is 9.57. The molecule has 0 saturated heterocycles. The van der Waals surface area contributed by atoms with E-state index in [0.717, 1.165) is 19.3 Å². The van der Waals surface area contributed by atoms with Gasteiger partial charge in [0, 0.05) is 0 Å². The van der Waals surface area contributed by atoms with Gasteiger partial charge in [-0.1, -0.05) is 32.4 Å². The van der Waals surface area contributed by atoms with Gasteiger partial charge >= 0.3 is 0 Å². The minimum Gasteiger partial charge on any atom is -0.390 e. The Bertz CT molecular complexity index is 148. The summed E-state index contributed by atoms with van der Waals surface area (Å²) in [6.07, 6.45) is 5.97. The van der Waals surface area contributed by atoms with Gasteiger partial charge in [-0.05, 0) is 12.8 Å². The molecule has 3 atom stereocenters. The Morgan fingerprint density at radius 1 is 1.31 bits per heavy atom. The zero-order valence-corrected chi connectivity index (χ0v) is 9.72. The first kappa shape index (κ1) is 13.3. The quantitative estimate of drug-likeness (QED) is 0.543. The number of aliphatic hydroxyl groups excluding tert-OH is 1. The molecule has 0 radical (unpaired) electrons. The number of unbranched alkanes of at least 4 members (excludes halogenated alkanes) is 1. The third kappa shape index (κ3) is 5.56. The maximum atomic E-state index is 9.57. The van der Waals surface area contributed by atoms with Gasteiger partial charge in [0.1, 0.15) is 0 Å². The lowest BCUT2D eigenvalue weighted by atomic mass is 10.1. The van der Waals surface area contributed by atoms with Crippen molar-refractivity contribution < 1.29 is 5.11 Å². The molecule has 3 heteroatoms. The van der Waals surface area contributed by atoms with E-state index in [1.165, 1.54) is 0 Å². The van der Waals surface area contributed by atoms with Crippen LogP contribution in [-0.2, 0) is 0 Å². The number of halogens is 2. The van der Waals surface area contributed by atoms with Gasteiger partial charge in [-0.15, -0.1) is 23.2 Å². The number of rotatable bonds is 6. The molecule has 0 aromatic carbocycles. The predicted molar refractivity (Wildman–Crippen MR) is 59.6 cm³/mol. The van der Waals surface area contributed by atoms with Crippen LogP contribution < -0.4 is 0 Å². The van der Waals surface area contributed by atoms with Gasteiger partial charge in [-0.3, -0.25) is 0 Å². The SMILES string of the molecule is CCC/C=C/[C@H](Cl)[C@H](O)[C@H](Cl)CC. The minimum atomic E-state index is -0.651. The second-order valence-corrected chi connectivity index (χ2v) is 4.14. The summed E-state index contributed by atoms with van der Waals surface area (Å²) in [4.78, 5) is 0. The second kappa shape index (κ2) is 7.66. The average Bonchev–Trinajstić information content (AvgIpc) is 2.15. The summed E-state index contributed by atoms with van der Waals surface area (Å²) in [6, 6.07) is 0. The highest BCUT2D eigenvalue weighted by Gasteiger charge is 2.20. The summed E-state index contributed by atoms with van der Waals surface area (Å²) in [5.41, 5.74) is 0. The highest BCUT2D eigenvalue weighted by molar-refractivity contribution is 6.25. The highest BCUT2D eigenvalue weighted by Crippen LogP contribution is 2.16. The van der Waals surface area contributed by atoms with Crippen molar-refractivity contribution >= 4 is 23.2 Å². The summed E-state index contributed by atoms with van der Waals surface area (Å²) < 4.78 is 0. The molecule has 0 heterocycles. The van der Waals surface area contributed by atoms with Crippen LogP contribution in [0.15, 0.2) is 12.2 Å². The molecule has 0 fully saturated rings. The molecule has 0 amide bonds. The fourth-order valence-corrected chi connectivity index (χ4v) is 1.46. The number of aliphatic hydroxyl groups is 1. The number of hydrogen-bond acceptors (Lipinski definition) is 1. The third-order valence-electron chi connectivity index (χ3n) is 1.86. The van der Waals surface area contributed by atoms with Gasteiger partial charge in [0.2, 0.25) is 0 Å². The van der Waals surface area contributed by atoms with Crippen molar-refractivity contribution in [2.24, 2.45) is 0 Å². The molecule has 78 valence electrons. The molecule has 0 aromatic heterocycles. The summed E-state index contributed by atoms with van der Waals surface area (Å²) >= 11 is 11.8. The van der Waals surface area contributed by atoms with Crippen LogP contribution in [0.2, 0.25) is 0 Å². The van der Waals surface area contributed by atoms with E-state index in [4.69, 9.17) is 23.2 Å². The lowest BCUT2D eigenvalue weighted by Gasteiger charge is -2.17. The first-order valence-corrected chi connectivity index (χ1v) is 5.63. The van der Waals surface area contributed by atoms with E-state index < -0.39 is 6.10 Å². The van der Waals surface area contributed by atoms with E-state index in [1.54, 1.807) is 0 Å². The molecular formula is C10H18Cl2O. The third-order valence-corrected chi connectivity index (χ3v) is 2.83. The van der Waals surface area contributed by atoms with Gasteiger partial charge in [0.15, 0.2) is 0 Å². The molecule has 0 saturated carbocycles. The van der Waals surface area contributed by atoms with Gasteiger partial charge < -0.3 is 5.11 Å². The van der Waals surface area contributed by atoms with E-state index in [-0.39, 0.29) is 10.8 Å². The van der Waals surface area contributed by atoms with Crippen molar-refractivity contribution in [1.82, 2.24) is 0 Å². The van der Waals surface area contributed by atoms with Crippen molar-refractivity contribution in [3.63, 3.8) is 0 Å². The van der Waals surface area contributed by atoms with Gasteiger partial charge in [-0.25, -0.2) is 0 Å². The largest absolute Gasteiger partial charge is 0.390 e. The predicted octanol–water partition coefficient (Wildman–Crippen LogP) is 3.33. The normalized spacial score (nSPS) is 18.8. The van der Waals surface area contributed by atoms with Crippen LogP contribution >= 0.6 is 23.2 Å². The zero-order valence-electron chi connectivity index (χ0n) is 8.21. The molecule has 0 unspecified atom stereocenters. The van der Waals surface area contributed by atoms with E-state index in [0.29, 0.717) is 0 Å². The molecule has 0 rings (SSSR count). The molecule has 0 aliphatic heterocycles. The first-order valence-electron chi connectivity index (χ1n) is 4.76. The molecule has 0 bridgehead atoms. The molecule has 0 spiro atoms. The van der Waals surface area contributed by atoms with Crippen molar-refractivity contribution in [2.45, 2.75) is 50.0 Å². The second-order valence-electron chi connectivity index (χ2n) is 3.08. The fraction of sp³-hybridized carbons (Fsp3) is 0.800. The number of alkyl halides is 2. The smallest absolute Gasteiger partial charge is 0.0902 e. The van der Waals surface area contributed by atoms with Crippen LogP contribution in [0.1, 0.15) is 33.1 Å². The Hall–Kier alpha value is 0.280. The highest BCUT2D eigenvalue weighted by atomic mass is 35.5. The van der Waals surface area contributed by atoms with Crippen LogP contribution in [0.3, 0.4) is 0 Å². The monoisotopic (exact) mass is 224 g/mol. The molecule has 13 heavy (non-hydrogen) atoms. The Balaban J connectivity index is 3.87. The summed E-state index contributed by atoms with van der Waals surface area (Å²) in [5.74, 6) is 0. The van der Waals surface area contributed by atoms with Crippen LogP contribution in [0, 0.1) is 0 Å². The van der Waals surface area contributed by atoms with E-state index in [2.05, 4.69) is 6.92 Å². The fourth-order valence-electron chi connectivity index (χ4n) is 0.948. The van der Waals surface area contributed by atoms with Crippen molar-refractivity contribution in [3.8, 4) is 0 Å². The van der Waals surface area contributed by atoms with Crippen molar-refractivity contribution in [1.29, 1.82) is 0 Å². The standard InChI is InChI=1S/C10H18Cl2O/c1-3-5-6-7-9(12)10(13)8(11)4-2/h6-10,13H,3-5H2,1-2H3/b7-6+/t8-,9+,10-/m1/s1. The molecule has 0 aliphatic rings.